The number of aromatic amines is 1. The van der Waals surface area contributed by atoms with Crippen molar-refractivity contribution in [2.75, 3.05) is 11.6 Å². The average Bonchev–Trinajstić information content (AvgIpc) is 3.52. The van der Waals surface area contributed by atoms with Crippen molar-refractivity contribution in [2.24, 2.45) is 0 Å². The number of carbonyl (C=O) groups is 1. The minimum absolute atomic E-state index is 0.283. The molecule has 0 aliphatic heterocycles. The van der Waals surface area contributed by atoms with Crippen molar-refractivity contribution in [3.63, 3.8) is 0 Å². The molecule has 0 saturated carbocycles. The molecule has 0 atom stereocenters. The van der Waals surface area contributed by atoms with E-state index in [1.165, 1.54) is 23.1 Å². The number of fused-ring (bicyclic) bond motifs is 1. The van der Waals surface area contributed by atoms with Crippen LogP contribution < -0.4 is 5.32 Å². The van der Waals surface area contributed by atoms with Crippen LogP contribution >= 0.6 is 23.1 Å². The number of amides is 1. The maximum atomic E-state index is 13.1. The standard InChI is InChI=1S/C23H19N5O2S2/c1-12-18(14-7-4-5-8-15(14)24-12)16-11-32-23(26-16)28-21(29)19-13(2)25-20(27-22(19)31-3)17-9-6-10-30-17/h4-11,24H,1-3H3,(H,26,28,29). The molecule has 9 heteroatoms. The Labute approximate surface area is 192 Å². The molecule has 0 aliphatic carbocycles. The van der Waals surface area contributed by atoms with Crippen LogP contribution in [0.3, 0.4) is 0 Å². The summed E-state index contributed by atoms with van der Waals surface area (Å²) in [6.45, 7) is 3.82. The van der Waals surface area contributed by atoms with Gasteiger partial charge in [0.15, 0.2) is 16.7 Å². The van der Waals surface area contributed by atoms with E-state index in [1.807, 2.05) is 36.8 Å². The fraction of sp³-hybridized carbons (Fsp3) is 0.130. The highest BCUT2D eigenvalue weighted by atomic mass is 32.2. The molecule has 4 heterocycles. The Morgan fingerprint density at radius 1 is 1.12 bits per heavy atom. The number of hydrogen-bond acceptors (Lipinski definition) is 7. The summed E-state index contributed by atoms with van der Waals surface area (Å²) in [5.74, 6) is 0.739. The van der Waals surface area contributed by atoms with Gasteiger partial charge in [-0.3, -0.25) is 10.1 Å². The number of carbonyl (C=O) groups excluding carboxylic acids is 1. The van der Waals surface area contributed by atoms with Gasteiger partial charge in [-0.2, -0.15) is 0 Å². The number of hydrogen-bond donors (Lipinski definition) is 2. The lowest BCUT2D eigenvalue weighted by Gasteiger charge is -2.10. The summed E-state index contributed by atoms with van der Waals surface area (Å²) in [4.78, 5) is 30.2. The Hall–Kier alpha value is -3.43. The Bertz CT molecular complexity index is 1440. The molecule has 32 heavy (non-hydrogen) atoms. The monoisotopic (exact) mass is 461 g/mol. The van der Waals surface area contributed by atoms with E-state index < -0.39 is 0 Å². The molecule has 0 unspecified atom stereocenters. The van der Waals surface area contributed by atoms with Gasteiger partial charge in [-0.25, -0.2) is 15.0 Å². The summed E-state index contributed by atoms with van der Waals surface area (Å²) in [5.41, 5.74) is 4.99. The van der Waals surface area contributed by atoms with Crippen molar-refractivity contribution >= 4 is 45.0 Å². The van der Waals surface area contributed by atoms with Crippen molar-refractivity contribution in [3.05, 3.63) is 65.0 Å². The number of rotatable bonds is 5. The van der Waals surface area contributed by atoms with E-state index in [2.05, 4.69) is 31.3 Å². The molecule has 0 aliphatic rings. The number of thiazole rings is 1. The van der Waals surface area contributed by atoms with Crippen molar-refractivity contribution < 1.29 is 9.21 Å². The van der Waals surface area contributed by atoms with Gasteiger partial charge in [0.1, 0.15) is 5.03 Å². The maximum absolute atomic E-state index is 13.1. The van der Waals surface area contributed by atoms with Gasteiger partial charge in [-0.1, -0.05) is 18.2 Å². The van der Waals surface area contributed by atoms with Gasteiger partial charge in [0.2, 0.25) is 0 Å². The molecule has 5 rings (SSSR count). The highest BCUT2D eigenvalue weighted by molar-refractivity contribution is 7.98. The zero-order valence-electron chi connectivity index (χ0n) is 17.6. The molecule has 1 aromatic carbocycles. The first kappa shape index (κ1) is 20.5. The summed E-state index contributed by atoms with van der Waals surface area (Å²) < 4.78 is 5.40. The second-order valence-electron chi connectivity index (χ2n) is 7.16. The minimum atomic E-state index is -0.283. The number of nitrogens with one attached hydrogen (secondary N) is 2. The summed E-state index contributed by atoms with van der Waals surface area (Å²) in [7, 11) is 0. The molecule has 4 aromatic heterocycles. The van der Waals surface area contributed by atoms with Crippen LogP contribution in [-0.4, -0.2) is 32.1 Å². The fourth-order valence-electron chi connectivity index (χ4n) is 3.68. The number of benzene rings is 1. The highest BCUT2D eigenvalue weighted by Crippen LogP contribution is 2.34. The largest absolute Gasteiger partial charge is 0.461 e. The van der Waals surface area contributed by atoms with Crippen LogP contribution in [0.25, 0.3) is 33.7 Å². The molecule has 2 N–H and O–H groups in total. The molecule has 7 nitrogen and oxygen atoms in total. The topological polar surface area (TPSA) is 96.7 Å². The van der Waals surface area contributed by atoms with E-state index in [1.54, 1.807) is 25.3 Å². The van der Waals surface area contributed by atoms with E-state index >= 15 is 0 Å². The smallest absolute Gasteiger partial charge is 0.262 e. The van der Waals surface area contributed by atoms with Crippen LogP contribution in [0.2, 0.25) is 0 Å². The zero-order chi connectivity index (χ0) is 22.2. The molecule has 5 aromatic rings. The highest BCUT2D eigenvalue weighted by Gasteiger charge is 2.21. The molecule has 160 valence electrons. The quantitative estimate of drug-likeness (QED) is 0.249. The van der Waals surface area contributed by atoms with E-state index in [-0.39, 0.29) is 5.91 Å². The second kappa shape index (κ2) is 8.25. The minimum Gasteiger partial charge on any atom is -0.461 e. The van der Waals surface area contributed by atoms with Crippen LogP contribution in [0.15, 0.2) is 57.5 Å². The summed E-state index contributed by atoms with van der Waals surface area (Å²) in [6, 6.07) is 11.7. The Balaban J connectivity index is 1.45. The summed E-state index contributed by atoms with van der Waals surface area (Å²) >= 11 is 2.78. The lowest BCUT2D eigenvalue weighted by molar-refractivity contribution is 0.102. The molecule has 1 amide bonds. The van der Waals surface area contributed by atoms with Gasteiger partial charge < -0.3 is 9.40 Å². The van der Waals surface area contributed by atoms with Gasteiger partial charge in [0, 0.05) is 27.5 Å². The number of para-hydroxylation sites is 1. The van der Waals surface area contributed by atoms with Crippen molar-refractivity contribution in [3.8, 4) is 22.8 Å². The van der Waals surface area contributed by atoms with Crippen molar-refractivity contribution in [1.82, 2.24) is 19.9 Å². The third kappa shape index (κ3) is 3.59. The van der Waals surface area contributed by atoms with Crippen molar-refractivity contribution in [1.29, 1.82) is 0 Å². The number of thioether (sulfide) groups is 1. The Morgan fingerprint density at radius 3 is 2.75 bits per heavy atom. The summed E-state index contributed by atoms with van der Waals surface area (Å²) in [5, 5.41) is 7.09. The van der Waals surface area contributed by atoms with Gasteiger partial charge in [-0.05, 0) is 38.3 Å². The van der Waals surface area contributed by atoms with Gasteiger partial charge >= 0.3 is 0 Å². The van der Waals surface area contributed by atoms with Crippen molar-refractivity contribution in [2.45, 2.75) is 18.9 Å². The van der Waals surface area contributed by atoms with Crippen LogP contribution in [0.4, 0.5) is 5.13 Å². The van der Waals surface area contributed by atoms with E-state index in [0.29, 0.717) is 33.0 Å². The molecule has 0 bridgehead atoms. The van der Waals surface area contributed by atoms with Crippen LogP contribution in [0.1, 0.15) is 21.7 Å². The number of aryl methyl sites for hydroxylation is 2. The predicted octanol–water partition coefficient (Wildman–Crippen LogP) is 5.93. The Kier molecular flexibility index (Phi) is 5.28. The van der Waals surface area contributed by atoms with E-state index in [0.717, 1.165) is 27.9 Å². The van der Waals surface area contributed by atoms with Gasteiger partial charge in [-0.15, -0.1) is 23.1 Å². The third-order valence-corrected chi connectivity index (χ3v) is 6.53. The second-order valence-corrected chi connectivity index (χ2v) is 8.81. The van der Waals surface area contributed by atoms with E-state index in [4.69, 9.17) is 4.42 Å². The first-order valence-electron chi connectivity index (χ1n) is 9.86. The first-order valence-corrected chi connectivity index (χ1v) is 12.0. The van der Waals surface area contributed by atoms with E-state index in [9.17, 15) is 4.79 Å². The number of H-pyrrole nitrogens is 1. The van der Waals surface area contributed by atoms with Crippen LogP contribution in [0.5, 0.6) is 0 Å². The van der Waals surface area contributed by atoms with Gasteiger partial charge in [0.25, 0.3) is 5.91 Å². The number of anilines is 1. The summed E-state index contributed by atoms with van der Waals surface area (Å²) in [6.07, 6.45) is 3.45. The Morgan fingerprint density at radius 2 is 1.97 bits per heavy atom. The average molecular weight is 462 g/mol. The first-order chi connectivity index (χ1) is 15.5. The number of furan rings is 1. The van der Waals surface area contributed by atoms with Gasteiger partial charge in [0.05, 0.1) is 23.2 Å². The van der Waals surface area contributed by atoms with Crippen LogP contribution in [-0.2, 0) is 0 Å². The third-order valence-electron chi connectivity index (χ3n) is 5.09. The molecular weight excluding hydrogens is 442 g/mol. The zero-order valence-corrected chi connectivity index (χ0v) is 19.2. The SMILES string of the molecule is CSc1nc(-c2ccco2)nc(C)c1C(=O)Nc1nc(-c2c(C)[nH]c3ccccc23)cs1. The maximum Gasteiger partial charge on any atom is 0.262 e. The molecule has 0 spiro atoms. The number of nitrogens with zero attached hydrogens (tertiary/aromatic N) is 3. The number of aromatic nitrogens is 4. The fourth-order valence-corrected chi connectivity index (χ4v) is 5.00. The molecular formula is C23H19N5O2S2. The lowest BCUT2D eigenvalue weighted by atomic mass is 10.1. The predicted molar refractivity (Wildman–Crippen MR) is 128 cm³/mol. The molecule has 0 saturated heterocycles. The molecule has 0 radical (unpaired) electrons. The normalized spacial score (nSPS) is 11.2. The molecule has 0 fully saturated rings. The van der Waals surface area contributed by atoms with Crippen LogP contribution in [0, 0.1) is 13.8 Å². The lowest BCUT2D eigenvalue weighted by Crippen LogP contribution is -2.16.